The molecule has 0 N–H and O–H groups in total. The van der Waals surface area contributed by atoms with Crippen LogP contribution in [0.2, 0.25) is 0 Å². The Hall–Kier alpha value is -8.72. The molecule has 0 radical (unpaired) electrons. The van der Waals surface area contributed by atoms with Crippen LogP contribution < -0.4 is 4.90 Å². The molecule has 0 saturated carbocycles. The van der Waals surface area contributed by atoms with Crippen molar-refractivity contribution in [2.75, 3.05) is 4.90 Å². The highest BCUT2D eigenvalue weighted by Gasteiger charge is 2.35. The van der Waals surface area contributed by atoms with Gasteiger partial charge in [0.15, 0.2) is 0 Å². The van der Waals surface area contributed by atoms with Gasteiger partial charge in [-0.3, -0.25) is 0 Å². The van der Waals surface area contributed by atoms with Gasteiger partial charge in [-0.1, -0.05) is 190 Å². The number of benzene rings is 10. The van der Waals surface area contributed by atoms with Crippen molar-refractivity contribution < 1.29 is 0 Å². The van der Waals surface area contributed by atoms with E-state index >= 15 is 0 Å². The van der Waals surface area contributed by atoms with E-state index in [1.807, 2.05) is 0 Å². The van der Waals surface area contributed by atoms with Crippen LogP contribution in [0.3, 0.4) is 0 Å². The maximum Gasteiger partial charge on any atom is 0.0541 e. The van der Waals surface area contributed by atoms with E-state index in [1.54, 1.807) is 0 Å². The molecule has 0 saturated heterocycles. The molecule has 0 unspecified atom stereocenters. The summed E-state index contributed by atoms with van der Waals surface area (Å²) in [6.07, 6.45) is 8.84. The summed E-state index contributed by atoms with van der Waals surface area (Å²) in [7, 11) is 0. The maximum absolute atomic E-state index is 2.47. The van der Waals surface area contributed by atoms with E-state index in [9.17, 15) is 0 Å². The van der Waals surface area contributed by atoms with Crippen LogP contribution in [-0.4, -0.2) is 4.57 Å². The Balaban J connectivity index is 0.946. The lowest BCUT2D eigenvalue weighted by atomic mass is 9.82. The van der Waals surface area contributed by atoms with Crippen molar-refractivity contribution in [1.29, 1.82) is 0 Å². The molecule has 11 aromatic rings. The number of rotatable bonds is 9. The molecular formula is C69H52N2. The predicted octanol–water partition coefficient (Wildman–Crippen LogP) is 19.0. The third kappa shape index (κ3) is 7.51. The fourth-order valence-corrected chi connectivity index (χ4v) is 11.4. The summed E-state index contributed by atoms with van der Waals surface area (Å²) in [4.78, 5) is 2.47. The summed E-state index contributed by atoms with van der Waals surface area (Å²) in [5.41, 5.74) is 24.4. The second-order valence-electron chi connectivity index (χ2n) is 19.7. The Morgan fingerprint density at radius 3 is 1.62 bits per heavy atom. The predicted molar refractivity (Wildman–Crippen MR) is 301 cm³/mol. The van der Waals surface area contributed by atoms with Crippen LogP contribution in [0, 0.1) is 0 Å². The van der Waals surface area contributed by atoms with Crippen LogP contribution in [0.4, 0.5) is 17.1 Å². The second kappa shape index (κ2) is 17.4. The van der Waals surface area contributed by atoms with Crippen molar-refractivity contribution in [2.24, 2.45) is 0 Å². The fraction of sp³-hybridized carbons (Fsp3) is 0.0725. The van der Waals surface area contributed by atoms with Crippen LogP contribution in [-0.2, 0) is 5.41 Å². The number of fused-ring (bicyclic) bond motifs is 6. The van der Waals surface area contributed by atoms with E-state index in [0.29, 0.717) is 0 Å². The summed E-state index contributed by atoms with van der Waals surface area (Å²) in [6.45, 7) is 4.71. The number of aromatic nitrogens is 1. The quantitative estimate of drug-likeness (QED) is 0.140. The van der Waals surface area contributed by atoms with Gasteiger partial charge < -0.3 is 9.47 Å². The lowest BCUT2D eigenvalue weighted by Gasteiger charge is -2.28. The third-order valence-corrected chi connectivity index (χ3v) is 15.0. The molecule has 0 aliphatic heterocycles. The first-order valence-corrected chi connectivity index (χ1v) is 25.0. The van der Waals surface area contributed by atoms with Gasteiger partial charge in [0.2, 0.25) is 0 Å². The highest BCUT2D eigenvalue weighted by molar-refractivity contribution is 6.10. The van der Waals surface area contributed by atoms with Gasteiger partial charge in [0, 0.05) is 38.9 Å². The second-order valence-corrected chi connectivity index (χ2v) is 19.7. The molecule has 13 rings (SSSR count). The zero-order valence-corrected chi connectivity index (χ0v) is 40.1. The first kappa shape index (κ1) is 42.4. The molecule has 2 heteroatoms. The number of allylic oxidation sites excluding steroid dienone is 4. The van der Waals surface area contributed by atoms with E-state index < -0.39 is 0 Å². The Morgan fingerprint density at radius 2 is 0.930 bits per heavy atom. The zero-order valence-electron chi connectivity index (χ0n) is 40.1. The standard InChI is InChI=1S/C69H52N2/c1-69(2)65-29-17-15-27-61(65)63-46-58(36-37-66(63)69)70(59-41-53(47-19-7-3-8-20-47)39-54(42-59)48-21-9-4-10-22-48)57-34-31-51(32-35-57)52-33-38-68-64(45-52)62-28-16-18-30-67(62)71(68)60-43-55(49-23-11-5-12-24-49)40-56(44-60)50-25-13-6-14-26-50/h3-9,11-21,23-46H,10,22H2,1-2H3. The monoisotopic (exact) mass is 908 g/mol. The minimum absolute atomic E-state index is 0.0803. The molecule has 0 spiro atoms. The van der Waals surface area contributed by atoms with Crippen molar-refractivity contribution in [1.82, 2.24) is 4.57 Å². The van der Waals surface area contributed by atoms with Gasteiger partial charge in [-0.2, -0.15) is 0 Å². The molecule has 1 heterocycles. The van der Waals surface area contributed by atoms with Crippen LogP contribution >= 0.6 is 0 Å². The van der Waals surface area contributed by atoms with Gasteiger partial charge in [0.25, 0.3) is 0 Å². The SMILES string of the molecule is CC1(C)c2ccccc2-c2cc(N(c3ccc(-c4ccc5c(c4)c4ccccc4n5-c4cc(-c5ccccc5)cc(-c5ccccc5)c4)cc3)c3cc(C4=CC=CCC4)cc(-c4ccccc4)c3)ccc21. The van der Waals surface area contributed by atoms with Crippen LogP contribution in [0.25, 0.3) is 88.7 Å². The van der Waals surface area contributed by atoms with Crippen molar-refractivity contribution in [2.45, 2.75) is 32.1 Å². The van der Waals surface area contributed by atoms with E-state index in [0.717, 1.165) is 35.6 Å². The minimum Gasteiger partial charge on any atom is -0.310 e. The number of nitrogens with zero attached hydrogens (tertiary/aromatic N) is 2. The Morgan fingerprint density at radius 1 is 0.380 bits per heavy atom. The number of hydrogen-bond acceptors (Lipinski definition) is 1. The molecule has 2 aliphatic carbocycles. The summed E-state index contributed by atoms with van der Waals surface area (Å²) in [5.74, 6) is 0. The molecule has 2 nitrogen and oxygen atoms in total. The van der Waals surface area contributed by atoms with Gasteiger partial charge in [-0.25, -0.2) is 0 Å². The van der Waals surface area contributed by atoms with Crippen molar-refractivity contribution >= 4 is 44.4 Å². The van der Waals surface area contributed by atoms with Gasteiger partial charge in [0.1, 0.15) is 0 Å². The van der Waals surface area contributed by atoms with Crippen LogP contribution in [0.5, 0.6) is 0 Å². The lowest BCUT2D eigenvalue weighted by Crippen LogP contribution is -2.15. The molecule has 338 valence electrons. The maximum atomic E-state index is 2.47. The average Bonchev–Trinajstić information content (AvgIpc) is 3.89. The van der Waals surface area contributed by atoms with Crippen molar-refractivity contribution in [3.8, 4) is 61.3 Å². The zero-order chi connectivity index (χ0) is 47.5. The summed E-state index contributed by atoms with van der Waals surface area (Å²) in [6, 6.07) is 87.6. The summed E-state index contributed by atoms with van der Waals surface area (Å²) in [5, 5.41) is 2.46. The minimum atomic E-state index is -0.0803. The third-order valence-electron chi connectivity index (χ3n) is 15.0. The average molecular weight is 909 g/mol. The lowest BCUT2D eigenvalue weighted by molar-refractivity contribution is 0.660. The van der Waals surface area contributed by atoms with Crippen LogP contribution in [0.1, 0.15) is 43.4 Å². The molecule has 2 aliphatic rings. The van der Waals surface area contributed by atoms with Crippen LogP contribution in [0.15, 0.2) is 255 Å². The van der Waals surface area contributed by atoms with Gasteiger partial charge >= 0.3 is 0 Å². The number of hydrogen-bond donors (Lipinski definition) is 0. The summed E-state index contributed by atoms with van der Waals surface area (Å²) >= 11 is 0. The smallest absolute Gasteiger partial charge is 0.0541 e. The van der Waals surface area contributed by atoms with E-state index in [1.165, 1.54) is 99.7 Å². The number of para-hydroxylation sites is 1. The van der Waals surface area contributed by atoms with E-state index in [-0.39, 0.29) is 5.41 Å². The highest BCUT2D eigenvalue weighted by Crippen LogP contribution is 2.51. The van der Waals surface area contributed by atoms with Crippen molar-refractivity contribution in [3.05, 3.63) is 272 Å². The molecule has 0 bridgehead atoms. The molecule has 10 aromatic carbocycles. The first-order chi connectivity index (χ1) is 34.9. The molecule has 1 aromatic heterocycles. The molecular weight excluding hydrogens is 857 g/mol. The number of anilines is 3. The van der Waals surface area contributed by atoms with Gasteiger partial charge in [-0.05, 0) is 170 Å². The first-order valence-electron chi connectivity index (χ1n) is 25.0. The molecule has 0 amide bonds. The Labute approximate surface area is 416 Å². The normalized spacial score (nSPS) is 13.5. The Kier molecular flexibility index (Phi) is 10.4. The summed E-state index contributed by atoms with van der Waals surface area (Å²) < 4.78 is 2.45. The van der Waals surface area contributed by atoms with E-state index in [2.05, 4.69) is 278 Å². The fourth-order valence-electron chi connectivity index (χ4n) is 11.4. The molecule has 71 heavy (non-hydrogen) atoms. The molecule has 0 atom stereocenters. The van der Waals surface area contributed by atoms with Crippen molar-refractivity contribution in [3.63, 3.8) is 0 Å². The highest BCUT2D eigenvalue weighted by atomic mass is 15.1. The molecule has 0 fully saturated rings. The largest absolute Gasteiger partial charge is 0.310 e. The Bertz CT molecular complexity index is 3810. The topological polar surface area (TPSA) is 8.17 Å². The van der Waals surface area contributed by atoms with Gasteiger partial charge in [-0.15, -0.1) is 0 Å². The van der Waals surface area contributed by atoms with Gasteiger partial charge in [0.05, 0.1) is 11.0 Å². The van der Waals surface area contributed by atoms with E-state index in [4.69, 9.17) is 0 Å².